The van der Waals surface area contributed by atoms with Gasteiger partial charge in [-0.25, -0.2) is 0 Å². The van der Waals surface area contributed by atoms with Crippen molar-refractivity contribution in [1.29, 1.82) is 0 Å². The van der Waals surface area contributed by atoms with Gasteiger partial charge in [0.2, 0.25) is 0 Å². The Morgan fingerprint density at radius 1 is 1.31 bits per heavy atom. The molecule has 0 amide bonds. The van der Waals surface area contributed by atoms with Crippen LogP contribution in [0.25, 0.3) is 0 Å². The van der Waals surface area contributed by atoms with E-state index in [9.17, 15) is 0 Å². The molecule has 0 aromatic heterocycles. The molecular formula is C12H15O. The van der Waals surface area contributed by atoms with Crippen molar-refractivity contribution < 1.29 is 4.74 Å². The first kappa shape index (κ1) is 9.85. The summed E-state index contributed by atoms with van der Waals surface area (Å²) in [5.41, 5.74) is 2.24. The molecule has 1 aromatic carbocycles. The van der Waals surface area contributed by atoms with Crippen molar-refractivity contribution in [3.63, 3.8) is 0 Å². The summed E-state index contributed by atoms with van der Waals surface area (Å²) >= 11 is 0. The summed E-state index contributed by atoms with van der Waals surface area (Å²) in [4.78, 5) is 0. The lowest BCUT2D eigenvalue weighted by Crippen LogP contribution is -1.91. The fraction of sp³-hybridized carbons (Fsp3) is 0.333. The van der Waals surface area contributed by atoms with E-state index in [0.29, 0.717) is 5.92 Å². The molecule has 0 unspecified atom stereocenters. The van der Waals surface area contributed by atoms with Gasteiger partial charge in [-0.15, -0.1) is 0 Å². The molecule has 1 heteroatoms. The molecule has 0 aliphatic rings. The standard InChI is InChI=1S/C12H15O/c1-5-10-6-11(9(2)3)8-12(7-10)13-4/h6-9H,1H2,2-4H3. The Morgan fingerprint density at radius 2 is 2.00 bits per heavy atom. The summed E-state index contributed by atoms with van der Waals surface area (Å²) in [5, 5.41) is 0. The van der Waals surface area contributed by atoms with Gasteiger partial charge in [0.1, 0.15) is 5.75 Å². The van der Waals surface area contributed by atoms with Crippen molar-refractivity contribution >= 4 is 0 Å². The third-order valence-electron chi connectivity index (χ3n) is 2.04. The predicted molar refractivity (Wildman–Crippen MR) is 55.1 cm³/mol. The second-order valence-corrected chi connectivity index (χ2v) is 3.33. The predicted octanol–water partition coefficient (Wildman–Crippen LogP) is 3.16. The van der Waals surface area contributed by atoms with Crippen LogP contribution in [0.4, 0.5) is 0 Å². The molecule has 0 saturated heterocycles. The van der Waals surface area contributed by atoms with Crippen molar-refractivity contribution in [2.24, 2.45) is 0 Å². The monoisotopic (exact) mass is 175 g/mol. The fourth-order valence-electron chi connectivity index (χ4n) is 1.18. The van der Waals surface area contributed by atoms with Gasteiger partial charge in [-0.05, 0) is 35.3 Å². The van der Waals surface area contributed by atoms with E-state index < -0.39 is 0 Å². The van der Waals surface area contributed by atoms with Crippen molar-refractivity contribution in [2.45, 2.75) is 19.8 Å². The van der Waals surface area contributed by atoms with E-state index in [0.717, 1.165) is 11.3 Å². The molecule has 1 rings (SSSR count). The molecule has 1 radical (unpaired) electrons. The number of ether oxygens (including phenoxy) is 1. The largest absolute Gasteiger partial charge is 0.497 e. The molecule has 1 nitrogen and oxygen atoms in total. The van der Waals surface area contributed by atoms with Gasteiger partial charge in [-0.1, -0.05) is 26.5 Å². The molecule has 1 aromatic rings. The van der Waals surface area contributed by atoms with Crippen molar-refractivity contribution in [1.82, 2.24) is 0 Å². The average molecular weight is 175 g/mol. The van der Waals surface area contributed by atoms with Crippen molar-refractivity contribution in [2.75, 3.05) is 7.11 Å². The van der Waals surface area contributed by atoms with Crippen LogP contribution in [0.15, 0.2) is 24.8 Å². The number of hydrogen-bond donors (Lipinski definition) is 0. The molecule has 13 heavy (non-hydrogen) atoms. The van der Waals surface area contributed by atoms with E-state index in [1.54, 1.807) is 7.11 Å². The summed E-state index contributed by atoms with van der Waals surface area (Å²) in [5.74, 6) is 1.37. The molecule has 0 saturated carbocycles. The van der Waals surface area contributed by atoms with Crippen LogP contribution in [0.2, 0.25) is 0 Å². The number of hydrogen-bond acceptors (Lipinski definition) is 1. The minimum atomic E-state index is 0.502. The lowest BCUT2D eigenvalue weighted by molar-refractivity contribution is 0.414. The summed E-state index contributed by atoms with van der Waals surface area (Å²) in [6.45, 7) is 7.94. The van der Waals surface area contributed by atoms with Gasteiger partial charge in [-0.3, -0.25) is 0 Å². The van der Waals surface area contributed by atoms with Crippen LogP contribution in [0.3, 0.4) is 0 Å². The van der Waals surface area contributed by atoms with Gasteiger partial charge in [0.15, 0.2) is 0 Å². The summed E-state index contributed by atoms with van der Waals surface area (Å²) in [6, 6.07) is 6.06. The van der Waals surface area contributed by atoms with Gasteiger partial charge in [-0.2, -0.15) is 0 Å². The van der Waals surface area contributed by atoms with E-state index in [4.69, 9.17) is 4.74 Å². The van der Waals surface area contributed by atoms with Gasteiger partial charge in [0.05, 0.1) is 7.11 Å². The third kappa shape index (κ3) is 2.35. The molecule has 0 aliphatic heterocycles. The number of rotatable bonds is 3. The molecule has 0 atom stereocenters. The van der Waals surface area contributed by atoms with Gasteiger partial charge in [0, 0.05) is 0 Å². The Bertz CT molecular complexity index is 300. The van der Waals surface area contributed by atoms with Crippen LogP contribution in [-0.4, -0.2) is 7.11 Å². The molecule has 0 N–H and O–H groups in total. The highest BCUT2D eigenvalue weighted by Crippen LogP contribution is 2.22. The second kappa shape index (κ2) is 4.13. The molecule has 69 valence electrons. The molecule has 0 bridgehead atoms. The van der Waals surface area contributed by atoms with Crippen LogP contribution in [-0.2, 0) is 0 Å². The normalized spacial score (nSPS) is 10.2. The maximum Gasteiger partial charge on any atom is 0.119 e. The topological polar surface area (TPSA) is 9.23 Å². The second-order valence-electron chi connectivity index (χ2n) is 3.33. The van der Waals surface area contributed by atoms with Gasteiger partial charge < -0.3 is 4.74 Å². The number of benzene rings is 1. The molecular weight excluding hydrogens is 160 g/mol. The minimum absolute atomic E-state index is 0.502. The van der Waals surface area contributed by atoms with E-state index in [2.05, 4.69) is 32.6 Å². The van der Waals surface area contributed by atoms with Crippen LogP contribution >= 0.6 is 0 Å². The van der Waals surface area contributed by atoms with E-state index in [1.807, 2.05) is 12.1 Å². The van der Waals surface area contributed by atoms with Crippen molar-refractivity contribution in [3.8, 4) is 5.75 Å². The summed E-state index contributed by atoms with van der Waals surface area (Å²) in [6.07, 6.45) is 2.87. The van der Waals surface area contributed by atoms with Crippen LogP contribution in [0.5, 0.6) is 5.75 Å². The van der Waals surface area contributed by atoms with Crippen LogP contribution in [0.1, 0.15) is 30.9 Å². The number of methoxy groups -OCH3 is 1. The van der Waals surface area contributed by atoms with Gasteiger partial charge in [0.25, 0.3) is 0 Å². The zero-order chi connectivity index (χ0) is 9.84. The Hall–Kier alpha value is -1.24. The quantitative estimate of drug-likeness (QED) is 0.685. The van der Waals surface area contributed by atoms with Gasteiger partial charge >= 0.3 is 0 Å². The first-order valence-corrected chi connectivity index (χ1v) is 4.39. The highest BCUT2D eigenvalue weighted by atomic mass is 16.5. The maximum absolute atomic E-state index is 5.18. The minimum Gasteiger partial charge on any atom is -0.497 e. The summed E-state index contributed by atoms with van der Waals surface area (Å²) < 4.78 is 5.18. The smallest absolute Gasteiger partial charge is 0.119 e. The highest BCUT2D eigenvalue weighted by Gasteiger charge is 2.02. The first-order chi connectivity index (χ1) is 6.17. The zero-order valence-electron chi connectivity index (χ0n) is 8.42. The average Bonchev–Trinajstić information content (AvgIpc) is 2.16. The van der Waals surface area contributed by atoms with E-state index >= 15 is 0 Å². The molecule has 0 heterocycles. The Balaban J connectivity index is 3.14. The summed E-state index contributed by atoms with van der Waals surface area (Å²) in [7, 11) is 1.67. The lowest BCUT2D eigenvalue weighted by atomic mass is 10.0. The first-order valence-electron chi connectivity index (χ1n) is 4.39. The van der Waals surface area contributed by atoms with Crippen LogP contribution < -0.4 is 4.74 Å². The fourth-order valence-corrected chi connectivity index (χ4v) is 1.18. The van der Waals surface area contributed by atoms with E-state index in [1.165, 1.54) is 5.56 Å². The maximum atomic E-state index is 5.18. The SMILES string of the molecule is C=[C]c1cc(OC)cc(C(C)C)c1. The Labute approximate surface area is 80.0 Å². The third-order valence-corrected chi connectivity index (χ3v) is 2.04. The Morgan fingerprint density at radius 3 is 2.46 bits per heavy atom. The van der Waals surface area contributed by atoms with Crippen LogP contribution in [0, 0.1) is 6.08 Å². The van der Waals surface area contributed by atoms with E-state index in [-0.39, 0.29) is 0 Å². The van der Waals surface area contributed by atoms with Crippen molar-refractivity contribution in [3.05, 3.63) is 42.0 Å². The molecule has 0 spiro atoms. The zero-order valence-corrected chi connectivity index (χ0v) is 8.42. The molecule has 0 aliphatic carbocycles. The highest BCUT2D eigenvalue weighted by molar-refractivity contribution is 5.38. The lowest BCUT2D eigenvalue weighted by Gasteiger charge is -2.09. The molecule has 0 fully saturated rings. The Kier molecular flexibility index (Phi) is 3.13.